The van der Waals surface area contributed by atoms with Crippen LogP contribution in [0.1, 0.15) is 29.6 Å². The number of halogens is 1. The molecule has 0 saturated carbocycles. The maximum Gasteiger partial charge on any atom is 0.252 e. The second-order valence-corrected chi connectivity index (χ2v) is 6.59. The quantitative estimate of drug-likeness (QED) is 0.926. The van der Waals surface area contributed by atoms with Gasteiger partial charge >= 0.3 is 0 Å². The maximum atomic E-state index is 12.2. The fourth-order valence-corrected chi connectivity index (χ4v) is 3.53. The van der Waals surface area contributed by atoms with Crippen LogP contribution < -0.4 is 5.32 Å². The molecule has 120 valence electrons. The summed E-state index contributed by atoms with van der Waals surface area (Å²) >= 11 is 6.05. The van der Waals surface area contributed by atoms with Gasteiger partial charge in [0.2, 0.25) is 0 Å². The number of ether oxygens (including phenoxy) is 1. The summed E-state index contributed by atoms with van der Waals surface area (Å²) in [5, 5.41) is 3.54. The normalized spacial score (nSPS) is 23.6. The first-order chi connectivity index (χ1) is 10.7. The van der Waals surface area contributed by atoms with Crippen molar-refractivity contribution in [3.63, 3.8) is 0 Å². The number of rotatable bonds is 4. The van der Waals surface area contributed by atoms with Crippen molar-refractivity contribution in [3.05, 3.63) is 34.9 Å². The van der Waals surface area contributed by atoms with E-state index < -0.39 is 0 Å². The van der Waals surface area contributed by atoms with Crippen LogP contribution in [0.4, 0.5) is 0 Å². The van der Waals surface area contributed by atoms with Gasteiger partial charge in [-0.15, -0.1) is 0 Å². The van der Waals surface area contributed by atoms with Crippen molar-refractivity contribution in [2.24, 2.45) is 5.92 Å². The first kappa shape index (κ1) is 15.8. The van der Waals surface area contributed by atoms with Crippen molar-refractivity contribution in [1.29, 1.82) is 0 Å². The number of benzene rings is 1. The third kappa shape index (κ3) is 3.80. The van der Waals surface area contributed by atoms with E-state index in [-0.39, 0.29) is 5.91 Å². The fourth-order valence-electron chi connectivity index (χ4n) is 3.31. The third-order valence-electron chi connectivity index (χ3n) is 4.74. The number of likely N-dealkylation sites (tertiary alicyclic amines) is 1. The molecule has 0 unspecified atom stereocenters. The smallest absolute Gasteiger partial charge is 0.252 e. The first-order valence-electron chi connectivity index (χ1n) is 8.08. The lowest BCUT2D eigenvalue weighted by atomic mass is 9.95. The maximum absolute atomic E-state index is 12.2. The SMILES string of the molecule is O=C(NCC1CCN([C@H]2CCOC2)CC1)c1ccccc1Cl. The summed E-state index contributed by atoms with van der Waals surface area (Å²) in [5.74, 6) is 0.488. The van der Waals surface area contributed by atoms with Crippen molar-refractivity contribution < 1.29 is 9.53 Å². The van der Waals surface area contributed by atoms with Crippen LogP contribution >= 0.6 is 11.6 Å². The van der Waals surface area contributed by atoms with Crippen LogP contribution in [0.25, 0.3) is 0 Å². The molecule has 2 aliphatic heterocycles. The predicted octanol–water partition coefficient (Wildman–Crippen LogP) is 2.57. The highest BCUT2D eigenvalue weighted by molar-refractivity contribution is 6.33. The van der Waals surface area contributed by atoms with Gasteiger partial charge in [0.15, 0.2) is 0 Å². The Morgan fingerprint density at radius 2 is 2.05 bits per heavy atom. The van der Waals surface area contributed by atoms with Crippen molar-refractivity contribution >= 4 is 17.5 Å². The average molecular weight is 323 g/mol. The number of nitrogens with zero attached hydrogens (tertiary/aromatic N) is 1. The molecule has 3 rings (SSSR count). The molecule has 2 saturated heterocycles. The molecule has 1 aromatic carbocycles. The molecule has 1 N–H and O–H groups in total. The first-order valence-corrected chi connectivity index (χ1v) is 8.46. The minimum absolute atomic E-state index is 0.0720. The number of hydrogen-bond acceptors (Lipinski definition) is 3. The Kier molecular flexibility index (Phi) is 5.34. The lowest BCUT2D eigenvalue weighted by Gasteiger charge is -2.35. The highest BCUT2D eigenvalue weighted by atomic mass is 35.5. The number of amides is 1. The number of piperidine rings is 1. The number of carbonyl (C=O) groups excluding carboxylic acids is 1. The molecule has 0 aliphatic carbocycles. The molecule has 1 atom stereocenters. The minimum atomic E-state index is -0.0720. The molecule has 22 heavy (non-hydrogen) atoms. The molecule has 1 amide bonds. The zero-order chi connectivity index (χ0) is 15.4. The van der Waals surface area contributed by atoms with Gasteiger partial charge in [-0.1, -0.05) is 23.7 Å². The van der Waals surface area contributed by atoms with E-state index in [2.05, 4.69) is 10.2 Å². The van der Waals surface area contributed by atoms with Crippen LogP contribution in [0.5, 0.6) is 0 Å². The topological polar surface area (TPSA) is 41.6 Å². The van der Waals surface area contributed by atoms with Gasteiger partial charge < -0.3 is 10.1 Å². The third-order valence-corrected chi connectivity index (χ3v) is 5.07. The van der Waals surface area contributed by atoms with Crippen LogP contribution in [0.3, 0.4) is 0 Å². The van der Waals surface area contributed by atoms with Gasteiger partial charge in [-0.2, -0.15) is 0 Å². The Morgan fingerprint density at radius 1 is 1.27 bits per heavy atom. The number of hydrogen-bond donors (Lipinski definition) is 1. The Labute approximate surface area is 136 Å². The molecule has 4 nitrogen and oxygen atoms in total. The molecule has 2 aliphatic rings. The highest BCUT2D eigenvalue weighted by Crippen LogP contribution is 2.22. The van der Waals surface area contributed by atoms with Crippen LogP contribution in [0.2, 0.25) is 5.02 Å². The molecular weight excluding hydrogens is 300 g/mol. The van der Waals surface area contributed by atoms with Gasteiger partial charge in [-0.3, -0.25) is 9.69 Å². The minimum Gasteiger partial charge on any atom is -0.380 e. The van der Waals surface area contributed by atoms with Crippen molar-refractivity contribution in [2.45, 2.75) is 25.3 Å². The molecule has 2 fully saturated rings. The largest absolute Gasteiger partial charge is 0.380 e. The van der Waals surface area contributed by atoms with Gasteiger partial charge in [0.25, 0.3) is 5.91 Å². The zero-order valence-corrected chi connectivity index (χ0v) is 13.5. The van der Waals surface area contributed by atoms with Crippen LogP contribution in [0.15, 0.2) is 24.3 Å². The molecule has 1 aromatic rings. The molecule has 2 heterocycles. The van der Waals surface area contributed by atoms with E-state index in [1.54, 1.807) is 12.1 Å². The molecule has 0 spiro atoms. The number of nitrogens with one attached hydrogen (secondary N) is 1. The summed E-state index contributed by atoms with van der Waals surface area (Å²) in [5.41, 5.74) is 0.560. The summed E-state index contributed by atoms with van der Waals surface area (Å²) in [6, 6.07) is 7.79. The van der Waals surface area contributed by atoms with Gasteiger partial charge in [0, 0.05) is 19.2 Å². The Hall–Kier alpha value is -1.10. The summed E-state index contributed by atoms with van der Waals surface area (Å²) in [6.45, 7) is 4.74. The highest BCUT2D eigenvalue weighted by Gasteiger charge is 2.27. The summed E-state index contributed by atoms with van der Waals surface area (Å²) < 4.78 is 5.47. The van der Waals surface area contributed by atoms with Gasteiger partial charge in [0.1, 0.15) is 0 Å². The molecule has 0 aromatic heterocycles. The number of carbonyl (C=O) groups is 1. The van der Waals surface area contributed by atoms with Crippen molar-refractivity contribution in [3.8, 4) is 0 Å². The van der Waals surface area contributed by atoms with E-state index in [0.29, 0.717) is 22.5 Å². The standard InChI is InChI=1S/C17H23ClN2O2/c18-16-4-2-1-3-15(16)17(21)19-11-13-5-8-20(9-6-13)14-7-10-22-12-14/h1-4,13-14H,5-12H2,(H,19,21)/t14-/m0/s1. The fraction of sp³-hybridized carbons (Fsp3) is 0.588. The van der Waals surface area contributed by atoms with Crippen LogP contribution in [0, 0.1) is 5.92 Å². The molecule has 5 heteroatoms. The second-order valence-electron chi connectivity index (χ2n) is 6.19. The zero-order valence-electron chi connectivity index (χ0n) is 12.8. The van der Waals surface area contributed by atoms with E-state index in [1.165, 1.54) is 0 Å². The molecule has 0 radical (unpaired) electrons. The summed E-state index contributed by atoms with van der Waals surface area (Å²) in [4.78, 5) is 14.7. The van der Waals surface area contributed by atoms with E-state index in [0.717, 1.165) is 52.1 Å². The van der Waals surface area contributed by atoms with Crippen molar-refractivity contribution in [1.82, 2.24) is 10.2 Å². The van der Waals surface area contributed by atoms with Crippen LogP contribution in [-0.2, 0) is 4.74 Å². The monoisotopic (exact) mass is 322 g/mol. The van der Waals surface area contributed by atoms with Crippen LogP contribution in [-0.4, -0.2) is 49.7 Å². The van der Waals surface area contributed by atoms with Gasteiger partial charge in [-0.05, 0) is 50.4 Å². The Balaban J connectivity index is 1.43. The average Bonchev–Trinajstić information content (AvgIpc) is 3.08. The second kappa shape index (κ2) is 7.44. The van der Waals surface area contributed by atoms with Crippen molar-refractivity contribution in [2.75, 3.05) is 32.8 Å². The summed E-state index contributed by atoms with van der Waals surface area (Å²) in [7, 11) is 0. The Morgan fingerprint density at radius 3 is 2.73 bits per heavy atom. The van der Waals surface area contributed by atoms with E-state index >= 15 is 0 Å². The Bertz CT molecular complexity index is 509. The molecular formula is C17H23ClN2O2. The lowest BCUT2D eigenvalue weighted by molar-refractivity contribution is 0.0911. The van der Waals surface area contributed by atoms with E-state index in [9.17, 15) is 4.79 Å². The summed E-state index contributed by atoms with van der Waals surface area (Å²) in [6.07, 6.45) is 3.44. The van der Waals surface area contributed by atoms with Gasteiger partial charge in [0.05, 0.1) is 17.2 Å². The molecule has 0 bridgehead atoms. The van der Waals surface area contributed by atoms with E-state index in [4.69, 9.17) is 16.3 Å². The predicted molar refractivity (Wildman–Crippen MR) is 87.3 cm³/mol. The van der Waals surface area contributed by atoms with E-state index in [1.807, 2.05) is 12.1 Å². The lowest BCUT2D eigenvalue weighted by Crippen LogP contribution is -2.44. The van der Waals surface area contributed by atoms with Gasteiger partial charge in [-0.25, -0.2) is 0 Å².